The van der Waals surface area contributed by atoms with Crippen molar-refractivity contribution in [1.82, 2.24) is 5.43 Å². The lowest BCUT2D eigenvalue weighted by atomic mass is 10.1. The number of ether oxygens (including phenoxy) is 1. The molecule has 0 aromatic heterocycles. The summed E-state index contributed by atoms with van der Waals surface area (Å²) in [6, 6.07) is 7.06. The summed E-state index contributed by atoms with van der Waals surface area (Å²) < 4.78 is 4.56. The molecule has 1 rings (SSSR count). The van der Waals surface area contributed by atoms with E-state index in [0.29, 0.717) is 12.1 Å². The minimum Gasteiger partial charge on any atom is -0.465 e. The van der Waals surface area contributed by atoms with Crippen molar-refractivity contribution in [3.63, 3.8) is 0 Å². The fourth-order valence-corrected chi connectivity index (χ4v) is 0.994. The third-order valence-electron chi connectivity index (χ3n) is 1.68. The Morgan fingerprint density at radius 2 is 1.87 bits per heavy atom. The molecule has 0 spiro atoms. The van der Waals surface area contributed by atoms with Gasteiger partial charge >= 0.3 is 5.97 Å². The van der Waals surface area contributed by atoms with Gasteiger partial charge in [-0.25, -0.2) is 4.79 Å². The van der Waals surface area contributed by atoms with Gasteiger partial charge in [0.15, 0.2) is 0 Å². The molecule has 86 valence electrons. The van der Waals surface area contributed by atoms with Crippen molar-refractivity contribution in [1.29, 1.82) is 0 Å². The van der Waals surface area contributed by atoms with Crippen molar-refractivity contribution in [2.45, 2.75) is 6.54 Å². The summed E-state index contributed by atoms with van der Waals surface area (Å²) in [6.07, 6.45) is 0. The van der Waals surface area contributed by atoms with E-state index in [2.05, 4.69) is 10.2 Å². The van der Waals surface area contributed by atoms with Crippen molar-refractivity contribution >= 4 is 30.8 Å². The summed E-state index contributed by atoms with van der Waals surface area (Å²) in [6.45, 7) is 0.585. The molecule has 0 saturated heterocycles. The molecule has 0 amide bonds. The van der Waals surface area contributed by atoms with Crippen LogP contribution in [0.1, 0.15) is 15.9 Å². The lowest BCUT2D eigenvalue weighted by Crippen LogP contribution is -2.20. The second-order valence-corrected chi connectivity index (χ2v) is 2.57. The highest BCUT2D eigenvalue weighted by Gasteiger charge is 2.03. The van der Waals surface area contributed by atoms with E-state index in [1.54, 1.807) is 12.1 Å². The highest BCUT2D eigenvalue weighted by molar-refractivity contribution is 5.89. The number of rotatable bonds is 3. The van der Waals surface area contributed by atoms with Gasteiger partial charge in [-0.2, -0.15) is 0 Å². The molecule has 0 unspecified atom stereocenters. The van der Waals surface area contributed by atoms with E-state index in [0.717, 1.165) is 5.56 Å². The smallest absolute Gasteiger partial charge is 0.337 e. The van der Waals surface area contributed by atoms with Gasteiger partial charge < -0.3 is 4.74 Å². The predicted molar refractivity (Wildman–Crippen MR) is 63.3 cm³/mol. The molecule has 0 fully saturated rings. The van der Waals surface area contributed by atoms with Crippen LogP contribution in [0.3, 0.4) is 0 Å². The van der Waals surface area contributed by atoms with E-state index in [-0.39, 0.29) is 30.8 Å². The van der Waals surface area contributed by atoms with Gasteiger partial charge in [0, 0.05) is 6.54 Å². The molecule has 0 aliphatic rings. The Morgan fingerprint density at radius 1 is 1.33 bits per heavy atom. The fourth-order valence-electron chi connectivity index (χ4n) is 0.994. The third-order valence-corrected chi connectivity index (χ3v) is 1.68. The van der Waals surface area contributed by atoms with Crippen LogP contribution in [0.4, 0.5) is 0 Å². The largest absolute Gasteiger partial charge is 0.465 e. The summed E-state index contributed by atoms with van der Waals surface area (Å²) >= 11 is 0. The second kappa shape index (κ2) is 8.49. The summed E-state index contributed by atoms with van der Waals surface area (Å²) in [5.41, 5.74) is 4.10. The Hall–Kier alpha value is -0.810. The molecule has 1 aromatic carbocycles. The summed E-state index contributed by atoms with van der Waals surface area (Å²) in [7, 11) is 1.36. The van der Waals surface area contributed by atoms with Crippen molar-refractivity contribution < 1.29 is 9.53 Å². The van der Waals surface area contributed by atoms with Crippen molar-refractivity contribution in [2.24, 2.45) is 5.84 Å². The van der Waals surface area contributed by atoms with Gasteiger partial charge in [0.05, 0.1) is 12.7 Å². The first-order valence-corrected chi connectivity index (χ1v) is 3.88. The zero-order valence-corrected chi connectivity index (χ0v) is 9.86. The maximum absolute atomic E-state index is 11.0. The predicted octanol–water partition coefficient (Wildman–Crippen LogP) is 1.28. The minimum atomic E-state index is -0.327. The number of hydrazine groups is 1. The Balaban J connectivity index is 0. The average molecular weight is 253 g/mol. The molecular weight excluding hydrogens is 239 g/mol. The van der Waals surface area contributed by atoms with E-state index in [4.69, 9.17) is 5.84 Å². The first-order valence-electron chi connectivity index (χ1n) is 3.88. The standard InChI is InChI=1S/C9H12N2O2.2ClH/c1-13-9(12)8-4-2-7(3-5-8)6-11-10;;/h2-5,11H,6,10H2,1H3;2*1H. The van der Waals surface area contributed by atoms with E-state index >= 15 is 0 Å². The lowest BCUT2D eigenvalue weighted by Gasteiger charge is -2.01. The third kappa shape index (κ3) is 4.99. The Labute approximate surface area is 101 Å². The summed E-state index contributed by atoms with van der Waals surface area (Å²) in [5, 5.41) is 0. The molecule has 0 bridgehead atoms. The molecule has 0 atom stereocenters. The van der Waals surface area contributed by atoms with Gasteiger partial charge in [0.2, 0.25) is 0 Å². The molecule has 1 aromatic rings. The molecule has 6 heteroatoms. The highest BCUT2D eigenvalue weighted by atomic mass is 35.5. The maximum atomic E-state index is 11.0. The molecule has 0 aliphatic heterocycles. The topological polar surface area (TPSA) is 64.3 Å². The summed E-state index contributed by atoms with van der Waals surface area (Å²) in [4.78, 5) is 11.0. The number of halogens is 2. The normalized spacial score (nSPS) is 8.40. The van der Waals surface area contributed by atoms with E-state index < -0.39 is 0 Å². The SMILES string of the molecule is COC(=O)c1ccc(CNN)cc1.Cl.Cl. The van der Waals surface area contributed by atoms with Crippen LogP contribution in [0.25, 0.3) is 0 Å². The fraction of sp³-hybridized carbons (Fsp3) is 0.222. The van der Waals surface area contributed by atoms with Crippen LogP contribution in [0.15, 0.2) is 24.3 Å². The Morgan fingerprint density at radius 3 is 2.27 bits per heavy atom. The van der Waals surface area contributed by atoms with Crippen LogP contribution in [0.5, 0.6) is 0 Å². The van der Waals surface area contributed by atoms with Crippen molar-refractivity contribution in [3.05, 3.63) is 35.4 Å². The quantitative estimate of drug-likeness (QED) is 0.484. The Bertz CT molecular complexity index is 291. The van der Waals surface area contributed by atoms with E-state index in [1.807, 2.05) is 12.1 Å². The number of carbonyl (C=O) groups is 1. The molecular formula is C9H14Cl2N2O2. The van der Waals surface area contributed by atoms with Crippen LogP contribution >= 0.6 is 24.8 Å². The lowest BCUT2D eigenvalue weighted by molar-refractivity contribution is 0.0600. The number of carbonyl (C=O) groups excluding carboxylic acids is 1. The Kier molecular flexibility index (Phi) is 9.41. The van der Waals surface area contributed by atoms with E-state index in [1.165, 1.54) is 7.11 Å². The van der Waals surface area contributed by atoms with Gasteiger partial charge in [-0.1, -0.05) is 12.1 Å². The zero-order valence-electron chi connectivity index (χ0n) is 8.23. The van der Waals surface area contributed by atoms with Crippen LogP contribution in [0.2, 0.25) is 0 Å². The monoisotopic (exact) mass is 252 g/mol. The number of hydrogen-bond donors (Lipinski definition) is 2. The minimum absolute atomic E-state index is 0. The van der Waals surface area contributed by atoms with Crippen molar-refractivity contribution in [3.8, 4) is 0 Å². The van der Waals surface area contributed by atoms with Gasteiger partial charge in [0.25, 0.3) is 0 Å². The van der Waals surface area contributed by atoms with Crippen LogP contribution in [-0.4, -0.2) is 13.1 Å². The number of benzene rings is 1. The molecule has 0 heterocycles. The molecule has 0 aliphatic carbocycles. The van der Waals surface area contributed by atoms with Gasteiger partial charge in [-0.15, -0.1) is 24.8 Å². The molecule has 4 nitrogen and oxygen atoms in total. The van der Waals surface area contributed by atoms with Gasteiger partial charge in [0.1, 0.15) is 0 Å². The first-order chi connectivity index (χ1) is 6.27. The molecule has 0 radical (unpaired) electrons. The van der Waals surface area contributed by atoms with Gasteiger partial charge in [-0.05, 0) is 17.7 Å². The number of hydrogen-bond acceptors (Lipinski definition) is 4. The maximum Gasteiger partial charge on any atom is 0.337 e. The van der Waals surface area contributed by atoms with Crippen LogP contribution < -0.4 is 11.3 Å². The molecule has 15 heavy (non-hydrogen) atoms. The van der Waals surface area contributed by atoms with Gasteiger partial charge in [-0.3, -0.25) is 11.3 Å². The average Bonchev–Trinajstić information content (AvgIpc) is 2.18. The number of esters is 1. The first kappa shape index (κ1) is 16.6. The summed E-state index contributed by atoms with van der Waals surface area (Å²) in [5.74, 6) is 4.82. The second-order valence-electron chi connectivity index (χ2n) is 2.57. The zero-order chi connectivity index (χ0) is 9.68. The molecule has 0 saturated carbocycles. The number of nitrogens with two attached hydrogens (primary N) is 1. The van der Waals surface area contributed by atoms with Crippen LogP contribution in [-0.2, 0) is 11.3 Å². The van der Waals surface area contributed by atoms with Crippen molar-refractivity contribution in [2.75, 3.05) is 7.11 Å². The van der Waals surface area contributed by atoms with Crippen LogP contribution in [0, 0.1) is 0 Å². The highest BCUT2D eigenvalue weighted by Crippen LogP contribution is 2.04. The number of nitrogens with one attached hydrogen (secondary N) is 1. The molecule has 3 N–H and O–H groups in total. The number of methoxy groups -OCH3 is 1. The van der Waals surface area contributed by atoms with E-state index in [9.17, 15) is 4.79 Å².